The van der Waals surface area contributed by atoms with Crippen molar-refractivity contribution in [3.63, 3.8) is 0 Å². The Kier molecular flexibility index (Phi) is 2.90. The Morgan fingerprint density at radius 3 is 2.75 bits per heavy atom. The first-order chi connectivity index (χ1) is 5.74. The molecule has 0 amide bonds. The average Bonchev–Trinajstić information content (AvgIpc) is 2.51. The highest BCUT2D eigenvalue weighted by Crippen LogP contribution is 2.07. The van der Waals surface area contributed by atoms with E-state index in [1.807, 2.05) is 13.8 Å². The van der Waals surface area contributed by atoms with Crippen LogP contribution in [0.4, 0.5) is 0 Å². The van der Waals surface area contributed by atoms with Gasteiger partial charge >= 0.3 is 0 Å². The van der Waals surface area contributed by atoms with Gasteiger partial charge in [0.25, 0.3) is 0 Å². The molecular weight excluding hydrogens is 156 g/mol. The molecule has 5 nitrogen and oxygen atoms in total. The van der Waals surface area contributed by atoms with Crippen LogP contribution in [-0.2, 0) is 6.54 Å². The van der Waals surface area contributed by atoms with Crippen molar-refractivity contribution in [2.45, 2.75) is 26.4 Å². The van der Waals surface area contributed by atoms with Crippen molar-refractivity contribution in [1.29, 1.82) is 0 Å². The summed E-state index contributed by atoms with van der Waals surface area (Å²) in [5.74, 6) is 0.242. The van der Waals surface area contributed by atoms with E-state index in [4.69, 9.17) is 0 Å². The van der Waals surface area contributed by atoms with Gasteiger partial charge in [-0.2, -0.15) is 10.0 Å². The Morgan fingerprint density at radius 2 is 2.33 bits per heavy atom. The van der Waals surface area contributed by atoms with Crippen molar-refractivity contribution < 1.29 is 0 Å². The first-order valence-electron chi connectivity index (χ1n) is 3.89. The Labute approximate surface area is 70.8 Å². The molecule has 0 spiro atoms. The molecule has 1 aromatic rings. The fourth-order valence-electron chi connectivity index (χ4n) is 0.885. The molecule has 1 heterocycles. The number of nitrogens with zero attached hydrogens (tertiary/aromatic N) is 4. The largest absolute Gasteiger partial charge is 0.251 e. The van der Waals surface area contributed by atoms with E-state index in [0.717, 1.165) is 0 Å². The van der Waals surface area contributed by atoms with Gasteiger partial charge < -0.3 is 0 Å². The molecule has 0 fully saturated rings. The standard InChI is InChI=1S/C7H12N4O/c1-6(2)7(10-12)3-11-5-8-4-9-11/h4-7H,3H2,1-2H3. The van der Waals surface area contributed by atoms with Crippen molar-refractivity contribution in [3.8, 4) is 0 Å². The van der Waals surface area contributed by atoms with Crippen LogP contribution in [0.2, 0.25) is 0 Å². The van der Waals surface area contributed by atoms with Crippen LogP contribution in [0.25, 0.3) is 0 Å². The molecule has 5 heteroatoms. The molecule has 66 valence electrons. The van der Waals surface area contributed by atoms with E-state index in [0.29, 0.717) is 6.54 Å². The molecule has 0 aliphatic rings. The maximum Gasteiger partial charge on any atom is 0.137 e. The summed E-state index contributed by atoms with van der Waals surface area (Å²) in [5.41, 5.74) is 0. The van der Waals surface area contributed by atoms with E-state index in [1.165, 1.54) is 6.33 Å². The van der Waals surface area contributed by atoms with Crippen LogP contribution in [0, 0.1) is 10.8 Å². The SMILES string of the molecule is CC(C)C(Cn1cncn1)N=O. The summed E-state index contributed by atoms with van der Waals surface area (Å²) >= 11 is 0. The quantitative estimate of drug-likeness (QED) is 0.632. The van der Waals surface area contributed by atoms with Crippen LogP contribution in [-0.4, -0.2) is 20.8 Å². The minimum Gasteiger partial charge on any atom is -0.251 e. The van der Waals surface area contributed by atoms with Gasteiger partial charge in [-0.05, 0) is 5.92 Å². The maximum absolute atomic E-state index is 10.4. The number of nitroso groups, excluding NO2 is 1. The summed E-state index contributed by atoms with van der Waals surface area (Å²) in [6.07, 6.45) is 3.03. The smallest absolute Gasteiger partial charge is 0.137 e. The summed E-state index contributed by atoms with van der Waals surface area (Å²) in [7, 11) is 0. The van der Waals surface area contributed by atoms with E-state index in [2.05, 4.69) is 15.3 Å². The Balaban J connectivity index is 2.54. The van der Waals surface area contributed by atoms with Crippen molar-refractivity contribution in [2.24, 2.45) is 11.1 Å². The molecule has 0 saturated carbocycles. The zero-order valence-electron chi connectivity index (χ0n) is 7.21. The highest BCUT2D eigenvalue weighted by atomic mass is 16.3. The second-order valence-electron chi connectivity index (χ2n) is 3.03. The maximum atomic E-state index is 10.4. The third-order valence-corrected chi connectivity index (χ3v) is 1.75. The van der Waals surface area contributed by atoms with Gasteiger partial charge in [0.2, 0.25) is 0 Å². The summed E-state index contributed by atoms with van der Waals surface area (Å²) in [6.45, 7) is 4.44. The monoisotopic (exact) mass is 168 g/mol. The molecule has 0 N–H and O–H groups in total. The molecule has 0 aliphatic heterocycles. The topological polar surface area (TPSA) is 60.1 Å². The number of hydrogen-bond acceptors (Lipinski definition) is 4. The van der Waals surface area contributed by atoms with Gasteiger partial charge in [-0.3, -0.25) is 4.68 Å². The summed E-state index contributed by atoms with van der Waals surface area (Å²) in [4.78, 5) is 14.1. The molecular formula is C7H12N4O. The Hall–Kier alpha value is -1.26. The van der Waals surface area contributed by atoms with Gasteiger partial charge in [-0.25, -0.2) is 4.98 Å². The number of hydrogen-bond donors (Lipinski definition) is 0. The molecule has 0 saturated heterocycles. The Bertz CT molecular complexity index is 232. The number of aromatic nitrogens is 3. The molecule has 1 unspecified atom stereocenters. The van der Waals surface area contributed by atoms with Crippen LogP contribution in [0.15, 0.2) is 17.8 Å². The van der Waals surface area contributed by atoms with E-state index < -0.39 is 0 Å². The van der Waals surface area contributed by atoms with Crippen LogP contribution in [0.3, 0.4) is 0 Å². The van der Waals surface area contributed by atoms with E-state index in [9.17, 15) is 4.91 Å². The summed E-state index contributed by atoms with van der Waals surface area (Å²) in [5, 5.41) is 6.92. The van der Waals surface area contributed by atoms with Crippen LogP contribution in [0.5, 0.6) is 0 Å². The van der Waals surface area contributed by atoms with Crippen LogP contribution < -0.4 is 0 Å². The molecule has 12 heavy (non-hydrogen) atoms. The molecule has 0 bridgehead atoms. The predicted molar refractivity (Wildman–Crippen MR) is 44.4 cm³/mol. The lowest BCUT2D eigenvalue weighted by molar-refractivity contribution is 0.412. The third-order valence-electron chi connectivity index (χ3n) is 1.75. The van der Waals surface area contributed by atoms with E-state index in [-0.39, 0.29) is 12.0 Å². The normalized spacial score (nSPS) is 13.2. The lowest BCUT2D eigenvalue weighted by Gasteiger charge is -2.11. The predicted octanol–water partition coefficient (Wildman–Crippen LogP) is 1.07. The molecule has 0 aliphatic carbocycles. The van der Waals surface area contributed by atoms with Gasteiger partial charge in [0.15, 0.2) is 0 Å². The van der Waals surface area contributed by atoms with Gasteiger partial charge in [-0.15, -0.1) is 0 Å². The first kappa shape index (κ1) is 8.83. The summed E-state index contributed by atoms with van der Waals surface area (Å²) < 4.78 is 1.62. The minimum absolute atomic E-state index is 0.216. The van der Waals surface area contributed by atoms with Crippen molar-refractivity contribution in [2.75, 3.05) is 0 Å². The third kappa shape index (κ3) is 2.11. The van der Waals surface area contributed by atoms with Gasteiger partial charge in [0.05, 0.1) is 6.54 Å². The molecule has 0 aromatic carbocycles. The fourth-order valence-corrected chi connectivity index (χ4v) is 0.885. The highest BCUT2D eigenvalue weighted by molar-refractivity contribution is 4.70. The zero-order valence-corrected chi connectivity index (χ0v) is 7.21. The second-order valence-corrected chi connectivity index (χ2v) is 3.03. The van der Waals surface area contributed by atoms with Crippen molar-refractivity contribution in [3.05, 3.63) is 17.6 Å². The average molecular weight is 168 g/mol. The molecule has 0 radical (unpaired) electrons. The fraction of sp³-hybridized carbons (Fsp3) is 0.714. The first-order valence-corrected chi connectivity index (χ1v) is 3.89. The second kappa shape index (κ2) is 3.94. The van der Waals surface area contributed by atoms with E-state index in [1.54, 1.807) is 11.0 Å². The van der Waals surface area contributed by atoms with Crippen LogP contribution >= 0.6 is 0 Å². The zero-order chi connectivity index (χ0) is 8.97. The lowest BCUT2D eigenvalue weighted by Crippen LogP contribution is -2.20. The number of rotatable bonds is 4. The van der Waals surface area contributed by atoms with Crippen molar-refractivity contribution >= 4 is 0 Å². The van der Waals surface area contributed by atoms with Gasteiger partial charge in [0.1, 0.15) is 18.7 Å². The summed E-state index contributed by atoms with van der Waals surface area (Å²) in [6, 6.07) is -0.216. The van der Waals surface area contributed by atoms with Gasteiger partial charge in [0, 0.05) is 0 Å². The minimum atomic E-state index is -0.216. The highest BCUT2D eigenvalue weighted by Gasteiger charge is 2.14. The van der Waals surface area contributed by atoms with Crippen LogP contribution in [0.1, 0.15) is 13.8 Å². The Morgan fingerprint density at radius 1 is 1.58 bits per heavy atom. The molecule has 1 aromatic heterocycles. The van der Waals surface area contributed by atoms with Gasteiger partial charge in [-0.1, -0.05) is 19.0 Å². The molecule has 1 atom stereocenters. The van der Waals surface area contributed by atoms with Crippen molar-refractivity contribution in [1.82, 2.24) is 14.8 Å². The lowest BCUT2D eigenvalue weighted by atomic mass is 10.1. The van der Waals surface area contributed by atoms with E-state index >= 15 is 0 Å². The molecule has 1 rings (SSSR count).